The largest absolute Gasteiger partial charge is 0.329 e. The molecule has 1 aromatic heterocycles. The number of hydrogen-bond donors (Lipinski definition) is 1. The number of aromatic amines is 1. The molecule has 92 valence electrons. The predicted octanol–water partition coefficient (Wildman–Crippen LogP) is 3.81. The van der Waals surface area contributed by atoms with Gasteiger partial charge in [0.25, 0.3) is 5.56 Å². The van der Waals surface area contributed by atoms with Crippen LogP contribution in [0, 0.1) is 0 Å². The normalized spacial score (nSPS) is 10.4. The number of rotatable bonds is 2. The van der Waals surface area contributed by atoms with E-state index in [2.05, 4.69) is 4.98 Å². The molecule has 0 aliphatic rings. The van der Waals surface area contributed by atoms with E-state index in [9.17, 15) is 9.59 Å². The zero-order chi connectivity index (χ0) is 13.3. The van der Waals surface area contributed by atoms with E-state index in [0.717, 1.165) is 0 Å². The van der Waals surface area contributed by atoms with Gasteiger partial charge in [-0.05, 0) is 18.2 Å². The summed E-state index contributed by atoms with van der Waals surface area (Å²) in [5, 5.41) is 0.797. The first-order valence-corrected chi connectivity index (χ1v) is 5.99. The van der Waals surface area contributed by atoms with Crippen molar-refractivity contribution in [1.29, 1.82) is 0 Å². The second-order valence-corrected chi connectivity index (χ2v) is 4.72. The van der Waals surface area contributed by atoms with Crippen molar-refractivity contribution in [2.75, 3.05) is 0 Å². The van der Waals surface area contributed by atoms with Crippen molar-refractivity contribution >= 4 is 41.1 Å². The highest BCUT2D eigenvalue weighted by atomic mass is 35.5. The number of aromatic nitrogens is 1. The van der Waals surface area contributed by atoms with E-state index in [0.29, 0.717) is 11.8 Å². The molecule has 0 aliphatic carbocycles. The first kappa shape index (κ1) is 13.1. The van der Waals surface area contributed by atoms with Gasteiger partial charge in [0.1, 0.15) is 0 Å². The van der Waals surface area contributed by atoms with Crippen LogP contribution in [0.1, 0.15) is 10.4 Å². The smallest absolute Gasteiger partial charge is 0.256 e. The molecule has 2 aromatic rings. The zero-order valence-corrected chi connectivity index (χ0v) is 11.1. The Labute approximate surface area is 117 Å². The monoisotopic (exact) mass is 301 g/mol. The molecular formula is C12H6Cl3NO2. The van der Waals surface area contributed by atoms with Crippen LogP contribution >= 0.6 is 34.8 Å². The van der Waals surface area contributed by atoms with Gasteiger partial charge in [0.2, 0.25) is 0 Å². The van der Waals surface area contributed by atoms with Gasteiger partial charge in [0, 0.05) is 17.3 Å². The van der Waals surface area contributed by atoms with Crippen molar-refractivity contribution in [2.45, 2.75) is 0 Å². The minimum absolute atomic E-state index is 0.177. The van der Waals surface area contributed by atoms with Crippen LogP contribution in [-0.4, -0.2) is 11.3 Å². The number of carbonyl (C=O) groups excluding carboxylic acids is 1. The Kier molecular flexibility index (Phi) is 3.76. The minimum atomic E-state index is -0.417. The molecule has 0 aliphatic heterocycles. The van der Waals surface area contributed by atoms with Crippen LogP contribution in [0.4, 0.5) is 0 Å². The lowest BCUT2D eigenvalue weighted by molar-refractivity contribution is 0.112. The molecule has 2 rings (SSSR count). The fraction of sp³-hybridized carbons (Fsp3) is 0. The highest BCUT2D eigenvalue weighted by molar-refractivity contribution is 6.44. The van der Waals surface area contributed by atoms with E-state index in [1.807, 2.05) is 0 Å². The number of H-pyrrole nitrogens is 1. The third-order valence-electron chi connectivity index (χ3n) is 2.40. The number of pyridine rings is 1. The van der Waals surface area contributed by atoms with E-state index in [-0.39, 0.29) is 26.2 Å². The van der Waals surface area contributed by atoms with E-state index in [1.165, 1.54) is 24.4 Å². The molecule has 0 saturated carbocycles. The molecular weight excluding hydrogens is 296 g/mol. The van der Waals surface area contributed by atoms with Gasteiger partial charge in [-0.15, -0.1) is 0 Å². The lowest BCUT2D eigenvalue weighted by Gasteiger charge is -2.07. The highest BCUT2D eigenvalue weighted by Gasteiger charge is 2.14. The molecule has 1 heterocycles. The Bertz CT molecular complexity index is 680. The van der Waals surface area contributed by atoms with Gasteiger partial charge >= 0.3 is 0 Å². The molecule has 0 bridgehead atoms. The molecule has 0 spiro atoms. The maximum atomic E-state index is 11.8. The lowest BCUT2D eigenvalue weighted by Crippen LogP contribution is -2.11. The molecule has 0 fully saturated rings. The van der Waals surface area contributed by atoms with Crippen molar-refractivity contribution in [3.05, 3.63) is 55.4 Å². The fourth-order valence-electron chi connectivity index (χ4n) is 1.58. The zero-order valence-electron chi connectivity index (χ0n) is 8.84. The minimum Gasteiger partial charge on any atom is -0.329 e. The van der Waals surface area contributed by atoms with Crippen molar-refractivity contribution < 1.29 is 4.79 Å². The maximum absolute atomic E-state index is 11.8. The molecule has 0 saturated heterocycles. The van der Waals surface area contributed by atoms with Crippen molar-refractivity contribution in [3.8, 4) is 11.1 Å². The van der Waals surface area contributed by atoms with E-state index < -0.39 is 5.56 Å². The molecule has 0 unspecified atom stereocenters. The number of nitrogens with one attached hydrogen (secondary N) is 1. The SMILES string of the molecule is O=Cc1cc[nH]c(=O)c1-c1cc(Cl)c(Cl)cc1Cl. The summed E-state index contributed by atoms with van der Waals surface area (Å²) in [6, 6.07) is 4.38. The predicted molar refractivity (Wildman–Crippen MR) is 72.9 cm³/mol. The molecule has 0 atom stereocenters. The first-order chi connectivity index (χ1) is 8.54. The van der Waals surface area contributed by atoms with Gasteiger partial charge in [-0.3, -0.25) is 9.59 Å². The van der Waals surface area contributed by atoms with Gasteiger partial charge in [-0.25, -0.2) is 0 Å². The molecule has 1 N–H and O–H groups in total. The Hall–Kier alpha value is -1.29. The average Bonchev–Trinajstić information content (AvgIpc) is 2.34. The van der Waals surface area contributed by atoms with Gasteiger partial charge in [0.15, 0.2) is 6.29 Å². The fourth-order valence-corrected chi connectivity index (χ4v) is 2.23. The molecule has 0 radical (unpaired) electrons. The van der Waals surface area contributed by atoms with Crippen LogP contribution in [0.5, 0.6) is 0 Å². The summed E-state index contributed by atoms with van der Waals surface area (Å²) in [6.45, 7) is 0. The molecule has 1 aromatic carbocycles. The summed E-state index contributed by atoms with van der Waals surface area (Å²) in [4.78, 5) is 25.2. The van der Waals surface area contributed by atoms with Gasteiger partial charge in [-0.2, -0.15) is 0 Å². The Balaban J connectivity index is 2.81. The van der Waals surface area contributed by atoms with Crippen LogP contribution in [0.2, 0.25) is 15.1 Å². The van der Waals surface area contributed by atoms with E-state index in [4.69, 9.17) is 34.8 Å². The third-order valence-corrected chi connectivity index (χ3v) is 3.43. The van der Waals surface area contributed by atoms with Crippen molar-refractivity contribution in [1.82, 2.24) is 4.98 Å². The highest BCUT2D eigenvalue weighted by Crippen LogP contribution is 2.34. The van der Waals surface area contributed by atoms with Crippen LogP contribution in [0.3, 0.4) is 0 Å². The summed E-state index contributed by atoms with van der Waals surface area (Å²) >= 11 is 17.7. The second-order valence-electron chi connectivity index (χ2n) is 3.50. The van der Waals surface area contributed by atoms with Crippen LogP contribution < -0.4 is 5.56 Å². The second kappa shape index (κ2) is 5.14. The average molecular weight is 303 g/mol. The number of hydrogen-bond acceptors (Lipinski definition) is 2. The molecule has 3 nitrogen and oxygen atoms in total. The summed E-state index contributed by atoms with van der Waals surface area (Å²) in [6.07, 6.45) is 1.98. The molecule has 18 heavy (non-hydrogen) atoms. The van der Waals surface area contributed by atoms with Gasteiger partial charge in [-0.1, -0.05) is 34.8 Å². The Morgan fingerprint density at radius 2 is 1.72 bits per heavy atom. The number of benzene rings is 1. The Morgan fingerprint density at radius 1 is 1.06 bits per heavy atom. The van der Waals surface area contributed by atoms with Crippen LogP contribution in [-0.2, 0) is 0 Å². The standard InChI is InChI=1S/C12H6Cl3NO2/c13-8-4-10(15)9(14)3-7(8)11-6(5-17)1-2-16-12(11)18/h1-5H,(H,16,18). The topological polar surface area (TPSA) is 49.9 Å². The summed E-state index contributed by atoms with van der Waals surface area (Å²) in [5.74, 6) is 0. The van der Waals surface area contributed by atoms with Crippen molar-refractivity contribution in [2.24, 2.45) is 0 Å². The number of carbonyl (C=O) groups is 1. The maximum Gasteiger partial charge on any atom is 0.256 e. The molecule has 0 amide bonds. The summed E-state index contributed by atoms with van der Waals surface area (Å²) in [5.41, 5.74) is 0.366. The summed E-state index contributed by atoms with van der Waals surface area (Å²) < 4.78 is 0. The lowest BCUT2D eigenvalue weighted by atomic mass is 10.0. The quantitative estimate of drug-likeness (QED) is 0.677. The first-order valence-electron chi connectivity index (χ1n) is 4.86. The number of halogens is 3. The molecule has 6 heteroatoms. The van der Waals surface area contributed by atoms with E-state index >= 15 is 0 Å². The van der Waals surface area contributed by atoms with Crippen LogP contribution in [0.25, 0.3) is 11.1 Å². The Morgan fingerprint density at radius 3 is 2.39 bits per heavy atom. The number of aldehydes is 1. The van der Waals surface area contributed by atoms with Gasteiger partial charge < -0.3 is 4.98 Å². The van der Waals surface area contributed by atoms with E-state index in [1.54, 1.807) is 0 Å². The third kappa shape index (κ3) is 2.29. The van der Waals surface area contributed by atoms with Gasteiger partial charge in [0.05, 0.1) is 20.6 Å². The summed E-state index contributed by atoms with van der Waals surface area (Å²) in [7, 11) is 0. The van der Waals surface area contributed by atoms with Crippen molar-refractivity contribution in [3.63, 3.8) is 0 Å². The van der Waals surface area contributed by atoms with Crippen LogP contribution in [0.15, 0.2) is 29.2 Å².